The number of nitrogens with zero attached hydrogens (tertiary/aromatic N) is 1. The Kier molecular flexibility index (Phi) is 4.96. The average Bonchev–Trinajstić information content (AvgIpc) is 2.34. The van der Waals surface area contributed by atoms with E-state index in [1.54, 1.807) is 0 Å². The molecule has 1 rings (SSSR count). The molecule has 0 spiro atoms. The Morgan fingerprint density at radius 2 is 1.90 bits per heavy atom. The van der Waals surface area contributed by atoms with Crippen molar-refractivity contribution in [3.63, 3.8) is 0 Å². The van der Waals surface area contributed by atoms with Crippen molar-refractivity contribution in [2.75, 3.05) is 0 Å². The number of nitrogens with one attached hydrogen (secondary N) is 1. The van der Waals surface area contributed by atoms with Crippen LogP contribution in [-0.4, -0.2) is 22.2 Å². The highest BCUT2D eigenvalue weighted by Crippen LogP contribution is 2.15. The first kappa shape index (κ1) is 15.8. The van der Waals surface area contributed by atoms with Crippen LogP contribution in [0, 0.1) is 10.1 Å². The molecule has 0 radical (unpaired) electrons. The summed E-state index contributed by atoms with van der Waals surface area (Å²) in [5.74, 6) is -0.492. The Labute approximate surface area is 117 Å². The molecule has 108 valence electrons. The molecule has 6 heteroatoms. The SMILES string of the molecule is CC(C)(C)NC(=O)CCC(=O)c1cccc([N+](=O)[O-])c1. The molecule has 0 saturated carbocycles. The van der Waals surface area contributed by atoms with Crippen molar-refractivity contribution in [2.24, 2.45) is 0 Å². The molecule has 0 bridgehead atoms. The van der Waals surface area contributed by atoms with Gasteiger partial charge in [-0.3, -0.25) is 19.7 Å². The van der Waals surface area contributed by atoms with Gasteiger partial charge in [0.15, 0.2) is 5.78 Å². The van der Waals surface area contributed by atoms with Crippen LogP contribution in [-0.2, 0) is 4.79 Å². The molecular formula is C14H18N2O4. The molecule has 1 N–H and O–H groups in total. The number of nitro benzene ring substituents is 1. The number of ketones is 1. The first-order valence-corrected chi connectivity index (χ1v) is 6.28. The van der Waals surface area contributed by atoms with E-state index in [1.165, 1.54) is 24.3 Å². The van der Waals surface area contributed by atoms with E-state index in [0.29, 0.717) is 0 Å². The Bertz CT molecular complexity index is 532. The molecule has 1 amide bonds. The summed E-state index contributed by atoms with van der Waals surface area (Å²) in [6, 6.07) is 5.52. The summed E-state index contributed by atoms with van der Waals surface area (Å²) < 4.78 is 0. The molecule has 0 aromatic heterocycles. The van der Waals surface area contributed by atoms with Gasteiger partial charge in [-0.25, -0.2) is 0 Å². The van der Waals surface area contributed by atoms with Gasteiger partial charge in [0.05, 0.1) is 4.92 Å². The maximum Gasteiger partial charge on any atom is 0.270 e. The summed E-state index contributed by atoms with van der Waals surface area (Å²) in [5.41, 5.74) is -0.219. The van der Waals surface area contributed by atoms with Gasteiger partial charge in [0.1, 0.15) is 0 Å². The minimum Gasteiger partial charge on any atom is -0.351 e. The fourth-order valence-corrected chi connectivity index (χ4v) is 1.65. The number of benzene rings is 1. The van der Waals surface area contributed by atoms with Crippen molar-refractivity contribution >= 4 is 17.4 Å². The van der Waals surface area contributed by atoms with Crippen molar-refractivity contribution in [1.29, 1.82) is 0 Å². The van der Waals surface area contributed by atoms with Gasteiger partial charge < -0.3 is 5.32 Å². The molecule has 0 saturated heterocycles. The number of hydrogen-bond acceptors (Lipinski definition) is 4. The molecule has 0 aliphatic heterocycles. The van der Waals surface area contributed by atoms with E-state index in [0.717, 1.165) is 0 Å². The molecule has 6 nitrogen and oxygen atoms in total. The van der Waals surface area contributed by atoms with Crippen LogP contribution in [0.5, 0.6) is 0 Å². The molecule has 0 fully saturated rings. The number of carbonyl (C=O) groups excluding carboxylic acids is 2. The number of amides is 1. The fourth-order valence-electron chi connectivity index (χ4n) is 1.65. The number of hydrogen-bond donors (Lipinski definition) is 1. The number of nitro groups is 1. The molecule has 0 unspecified atom stereocenters. The highest BCUT2D eigenvalue weighted by atomic mass is 16.6. The summed E-state index contributed by atoms with van der Waals surface area (Å²) in [7, 11) is 0. The van der Waals surface area contributed by atoms with Crippen molar-refractivity contribution in [3.8, 4) is 0 Å². The zero-order valence-corrected chi connectivity index (χ0v) is 11.8. The summed E-state index contributed by atoms with van der Waals surface area (Å²) in [6.45, 7) is 5.56. The maximum atomic E-state index is 11.9. The lowest BCUT2D eigenvalue weighted by Crippen LogP contribution is -2.40. The van der Waals surface area contributed by atoms with Crippen LogP contribution >= 0.6 is 0 Å². The normalized spacial score (nSPS) is 10.9. The lowest BCUT2D eigenvalue weighted by molar-refractivity contribution is -0.384. The number of Topliss-reactive ketones (excluding diaryl/α,β-unsaturated/α-hetero) is 1. The zero-order chi connectivity index (χ0) is 15.3. The molecule has 20 heavy (non-hydrogen) atoms. The highest BCUT2D eigenvalue weighted by molar-refractivity contribution is 5.98. The van der Waals surface area contributed by atoms with E-state index in [4.69, 9.17) is 0 Å². The van der Waals surface area contributed by atoms with Crippen LogP contribution < -0.4 is 5.32 Å². The van der Waals surface area contributed by atoms with Crippen LogP contribution in [0.3, 0.4) is 0 Å². The van der Waals surface area contributed by atoms with Gasteiger partial charge in [-0.1, -0.05) is 12.1 Å². The first-order chi connectivity index (χ1) is 9.19. The molecule has 1 aromatic carbocycles. The van der Waals surface area contributed by atoms with Crippen LogP contribution in [0.25, 0.3) is 0 Å². The number of carbonyl (C=O) groups is 2. The number of rotatable bonds is 5. The van der Waals surface area contributed by atoms with E-state index in [2.05, 4.69) is 5.32 Å². The standard InChI is InChI=1S/C14H18N2O4/c1-14(2,3)15-13(18)8-7-12(17)10-5-4-6-11(9-10)16(19)20/h4-6,9H,7-8H2,1-3H3,(H,15,18). The van der Waals surface area contributed by atoms with Gasteiger partial charge in [0.2, 0.25) is 5.91 Å². The van der Waals surface area contributed by atoms with E-state index >= 15 is 0 Å². The van der Waals surface area contributed by atoms with Crippen LogP contribution in [0.15, 0.2) is 24.3 Å². The van der Waals surface area contributed by atoms with E-state index in [-0.39, 0.29) is 41.3 Å². The monoisotopic (exact) mass is 278 g/mol. The second-order valence-corrected chi connectivity index (χ2v) is 5.53. The Morgan fingerprint density at radius 3 is 2.45 bits per heavy atom. The predicted molar refractivity (Wildman–Crippen MR) is 74.6 cm³/mol. The molecular weight excluding hydrogens is 260 g/mol. The largest absolute Gasteiger partial charge is 0.351 e. The Morgan fingerprint density at radius 1 is 1.25 bits per heavy atom. The van der Waals surface area contributed by atoms with E-state index in [9.17, 15) is 19.7 Å². The lowest BCUT2D eigenvalue weighted by atomic mass is 10.0. The number of non-ortho nitro benzene ring substituents is 1. The molecule has 0 aliphatic carbocycles. The quantitative estimate of drug-likeness (QED) is 0.509. The van der Waals surface area contributed by atoms with E-state index in [1.807, 2.05) is 20.8 Å². The van der Waals surface area contributed by atoms with Crippen LogP contribution in [0.4, 0.5) is 5.69 Å². The van der Waals surface area contributed by atoms with Gasteiger partial charge in [-0.05, 0) is 20.8 Å². The van der Waals surface area contributed by atoms with Crippen molar-refractivity contribution < 1.29 is 14.5 Å². The van der Waals surface area contributed by atoms with Gasteiger partial charge in [0.25, 0.3) is 5.69 Å². The topological polar surface area (TPSA) is 89.3 Å². The molecule has 0 atom stereocenters. The van der Waals surface area contributed by atoms with Gasteiger partial charge >= 0.3 is 0 Å². The Balaban J connectivity index is 2.61. The summed E-state index contributed by atoms with van der Waals surface area (Å²) in [6.07, 6.45) is 0.0991. The second kappa shape index (κ2) is 6.27. The minimum absolute atomic E-state index is 0.0308. The van der Waals surface area contributed by atoms with Crippen molar-refractivity contribution in [2.45, 2.75) is 39.2 Å². The first-order valence-electron chi connectivity index (χ1n) is 6.28. The van der Waals surface area contributed by atoms with Gasteiger partial charge in [-0.15, -0.1) is 0 Å². The highest BCUT2D eigenvalue weighted by Gasteiger charge is 2.16. The third-order valence-electron chi connectivity index (χ3n) is 2.47. The van der Waals surface area contributed by atoms with Crippen molar-refractivity contribution in [3.05, 3.63) is 39.9 Å². The average molecular weight is 278 g/mol. The molecule has 1 aromatic rings. The zero-order valence-electron chi connectivity index (χ0n) is 11.8. The maximum absolute atomic E-state index is 11.9. The second-order valence-electron chi connectivity index (χ2n) is 5.53. The minimum atomic E-state index is -0.552. The third-order valence-corrected chi connectivity index (χ3v) is 2.47. The Hall–Kier alpha value is -2.24. The summed E-state index contributed by atoms with van der Waals surface area (Å²) in [5, 5.41) is 13.4. The molecule has 0 heterocycles. The summed E-state index contributed by atoms with van der Waals surface area (Å²) in [4.78, 5) is 33.6. The van der Waals surface area contributed by atoms with Crippen LogP contribution in [0.1, 0.15) is 44.0 Å². The smallest absolute Gasteiger partial charge is 0.270 e. The van der Waals surface area contributed by atoms with Gasteiger partial charge in [-0.2, -0.15) is 0 Å². The van der Waals surface area contributed by atoms with Crippen LogP contribution in [0.2, 0.25) is 0 Å². The van der Waals surface area contributed by atoms with E-state index < -0.39 is 4.92 Å². The third kappa shape index (κ3) is 5.17. The predicted octanol–water partition coefficient (Wildman–Crippen LogP) is 2.47. The summed E-state index contributed by atoms with van der Waals surface area (Å²) >= 11 is 0. The van der Waals surface area contributed by atoms with Gasteiger partial charge in [0, 0.05) is 36.1 Å². The fraction of sp³-hybridized carbons (Fsp3) is 0.429. The molecule has 0 aliphatic rings. The lowest BCUT2D eigenvalue weighted by Gasteiger charge is -2.20. The van der Waals surface area contributed by atoms with Crippen molar-refractivity contribution in [1.82, 2.24) is 5.32 Å².